The molecule has 0 aliphatic rings. The smallest absolute Gasteiger partial charge is 0.224 e. The number of phenolic OH excluding ortho intramolecular Hbond substituents is 1. The van der Waals surface area contributed by atoms with Crippen molar-refractivity contribution in [3.63, 3.8) is 0 Å². The molecular formula is C33H35N9O3. The molecule has 4 heterocycles. The van der Waals surface area contributed by atoms with Crippen molar-refractivity contribution in [1.29, 1.82) is 0 Å². The van der Waals surface area contributed by atoms with Gasteiger partial charge in [-0.05, 0) is 72.8 Å². The molecule has 0 atom stereocenters. The Hall–Kier alpha value is -5.88. The molecule has 6 N–H and O–H groups in total. The van der Waals surface area contributed by atoms with Crippen LogP contribution in [-0.2, 0) is 17.8 Å². The van der Waals surface area contributed by atoms with Crippen molar-refractivity contribution in [2.45, 2.75) is 26.8 Å². The molecule has 0 saturated heterocycles. The van der Waals surface area contributed by atoms with Gasteiger partial charge in [0.1, 0.15) is 17.1 Å². The molecule has 2 aromatic carbocycles. The van der Waals surface area contributed by atoms with Gasteiger partial charge < -0.3 is 21.9 Å². The molecule has 45 heavy (non-hydrogen) atoms. The molecule has 0 aliphatic carbocycles. The second-order valence-corrected chi connectivity index (χ2v) is 9.30. The summed E-state index contributed by atoms with van der Waals surface area (Å²) in [6.07, 6.45) is 5.78. The fourth-order valence-corrected chi connectivity index (χ4v) is 4.52. The predicted octanol–water partition coefficient (Wildman–Crippen LogP) is 4.23. The molecule has 6 aromatic rings. The van der Waals surface area contributed by atoms with E-state index in [1.807, 2.05) is 79.2 Å². The molecule has 0 fully saturated rings. The fraction of sp³-hybridized carbons (Fsp3) is 0.152. The van der Waals surface area contributed by atoms with Crippen LogP contribution in [0.1, 0.15) is 35.3 Å². The van der Waals surface area contributed by atoms with Gasteiger partial charge in [-0.25, -0.2) is 19.6 Å². The number of hydrogen-bond donors (Lipinski definition) is 4. The second-order valence-electron chi connectivity index (χ2n) is 9.30. The van der Waals surface area contributed by atoms with Crippen LogP contribution in [0.4, 0.5) is 5.82 Å². The van der Waals surface area contributed by atoms with Gasteiger partial charge in [0.15, 0.2) is 23.6 Å². The number of nitrogen functional groups attached to an aromatic ring is 1. The Bertz CT molecular complexity index is 1880. The van der Waals surface area contributed by atoms with E-state index in [9.17, 15) is 14.7 Å². The van der Waals surface area contributed by atoms with Crippen molar-refractivity contribution in [3.05, 3.63) is 108 Å². The third kappa shape index (κ3) is 7.20. The van der Waals surface area contributed by atoms with Crippen LogP contribution in [0.5, 0.6) is 5.75 Å². The van der Waals surface area contributed by atoms with Gasteiger partial charge in [-0.3, -0.25) is 14.2 Å². The first-order chi connectivity index (χ1) is 22.0. The number of hydrogen-bond acceptors (Lipinski definition) is 9. The summed E-state index contributed by atoms with van der Waals surface area (Å²) in [5.74, 6) is 1.23. The van der Waals surface area contributed by atoms with Gasteiger partial charge in [0, 0.05) is 30.8 Å². The maximum absolute atomic E-state index is 12.5. The van der Waals surface area contributed by atoms with E-state index in [0.29, 0.717) is 52.6 Å². The highest BCUT2D eigenvalue weighted by Crippen LogP contribution is 2.30. The second kappa shape index (κ2) is 15.0. The molecule has 0 unspecified atom stereocenters. The van der Waals surface area contributed by atoms with Crippen molar-refractivity contribution < 1.29 is 14.7 Å². The number of rotatable bonds is 8. The van der Waals surface area contributed by atoms with E-state index in [-0.39, 0.29) is 23.6 Å². The number of aldehydes is 1. The Morgan fingerprint density at radius 3 is 2.38 bits per heavy atom. The summed E-state index contributed by atoms with van der Waals surface area (Å²) < 4.78 is 3.60. The predicted molar refractivity (Wildman–Crippen MR) is 174 cm³/mol. The third-order valence-corrected chi connectivity index (χ3v) is 6.58. The van der Waals surface area contributed by atoms with Crippen molar-refractivity contribution >= 4 is 29.2 Å². The molecule has 230 valence electrons. The van der Waals surface area contributed by atoms with Crippen LogP contribution in [0.2, 0.25) is 0 Å². The Balaban J connectivity index is 0.00000111. The summed E-state index contributed by atoms with van der Waals surface area (Å²) >= 11 is 0. The molecule has 1 amide bonds. The normalized spacial score (nSPS) is 10.3. The number of phenols is 1. The van der Waals surface area contributed by atoms with Crippen LogP contribution in [-0.4, -0.2) is 53.6 Å². The maximum atomic E-state index is 12.5. The zero-order chi connectivity index (χ0) is 32.3. The van der Waals surface area contributed by atoms with E-state index in [2.05, 4.69) is 21.1 Å². The van der Waals surface area contributed by atoms with Gasteiger partial charge in [0.05, 0.1) is 17.5 Å². The summed E-state index contributed by atoms with van der Waals surface area (Å²) in [6, 6.07) is 21.5. The van der Waals surface area contributed by atoms with Gasteiger partial charge in [-0.2, -0.15) is 5.10 Å². The highest BCUT2D eigenvalue weighted by atomic mass is 16.3. The van der Waals surface area contributed by atoms with Crippen LogP contribution in [0.25, 0.3) is 34.1 Å². The molecule has 12 heteroatoms. The molecule has 0 spiro atoms. The number of anilines is 1. The average Bonchev–Trinajstić information content (AvgIpc) is 3.75. The van der Waals surface area contributed by atoms with Crippen LogP contribution >= 0.6 is 0 Å². The molecule has 0 bridgehead atoms. The minimum atomic E-state index is -0.211. The molecule has 12 nitrogen and oxygen atoms in total. The first-order valence-corrected chi connectivity index (χ1v) is 14.3. The number of carbonyl (C=O) groups is 2. The summed E-state index contributed by atoms with van der Waals surface area (Å²) in [7, 11) is 1.50. The van der Waals surface area contributed by atoms with Crippen LogP contribution in [0, 0.1) is 0 Å². The van der Waals surface area contributed by atoms with E-state index >= 15 is 0 Å². The van der Waals surface area contributed by atoms with E-state index < -0.39 is 0 Å². The number of amides is 1. The van der Waals surface area contributed by atoms with Crippen molar-refractivity contribution in [2.75, 3.05) is 12.8 Å². The number of aromatic nitrogens is 6. The summed E-state index contributed by atoms with van der Waals surface area (Å²) in [5, 5.41) is 17.0. The summed E-state index contributed by atoms with van der Waals surface area (Å²) in [4.78, 5) is 37.3. The third-order valence-electron chi connectivity index (χ3n) is 6.58. The van der Waals surface area contributed by atoms with E-state index in [1.54, 1.807) is 23.1 Å². The first kappa shape index (κ1) is 32.0. The van der Waals surface area contributed by atoms with Gasteiger partial charge in [-0.15, -0.1) is 0 Å². The number of nitrogens with two attached hydrogens (primary N) is 2. The van der Waals surface area contributed by atoms with E-state index in [0.717, 1.165) is 11.3 Å². The number of pyridine rings is 2. The van der Waals surface area contributed by atoms with Crippen LogP contribution in [0.15, 0.2) is 91.4 Å². The zero-order valence-corrected chi connectivity index (χ0v) is 25.3. The minimum absolute atomic E-state index is 0.0754. The lowest BCUT2D eigenvalue weighted by molar-refractivity contribution is -0.120. The number of nitrogens with one attached hydrogen (secondary N) is 1. The number of aromatic hydroxyl groups is 1. The Kier molecular flexibility index (Phi) is 10.7. The topological polar surface area (TPSA) is 180 Å². The van der Waals surface area contributed by atoms with Crippen molar-refractivity contribution in [3.8, 4) is 28.6 Å². The van der Waals surface area contributed by atoms with Gasteiger partial charge >= 0.3 is 0 Å². The molecule has 0 radical (unpaired) electrons. The number of nitrogens with zero attached hydrogens (tertiary/aromatic N) is 6. The lowest BCUT2D eigenvalue weighted by Gasteiger charge is -2.12. The average molecular weight is 606 g/mol. The molecular weight excluding hydrogens is 570 g/mol. The van der Waals surface area contributed by atoms with E-state index in [4.69, 9.17) is 15.7 Å². The Labute approximate surface area is 260 Å². The molecule has 6 rings (SSSR count). The highest BCUT2D eigenvalue weighted by Gasteiger charge is 2.19. The van der Waals surface area contributed by atoms with Crippen molar-refractivity contribution in [1.82, 2.24) is 34.6 Å². The lowest BCUT2D eigenvalue weighted by atomic mass is 10.1. The molecule has 0 aliphatic heterocycles. The summed E-state index contributed by atoms with van der Waals surface area (Å²) in [6.45, 7) is 4.31. The first-order valence-electron chi connectivity index (χ1n) is 14.3. The van der Waals surface area contributed by atoms with Crippen molar-refractivity contribution in [2.24, 2.45) is 5.73 Å². The quantitative estimate of drug-likeness (QED) is 0.185. The van der Waals surface area contributed by atoms with Gasteiger partial charge in [-0.1, -0.05) is 32.0 Å². The van der Waals surface area contributed by atoms with Crippen LogP contribution in [0.3, 0.4) is 0 Å². The number of carbonyl (C=O) groups excluding carboxylic acids is 2. The number of benzene rings is 2. The summed E-state index contributed by atoms with van der Waals surface area (Å²) in [5.41, 5.74) is 15.2. The monoisotopic (exact) mass is 605 g/mol. The van der Waals surface area contributed by atoms with E-state index in [1.165, 1.54) is 19.2 Å². The minimum Gasteiger partial charge on any atom is -0.507 e. The molecule has 0 saturated carbocycles. The molecule has 4 aromatic heterocycles. The highest BCUT2D eigenvalue weighted by molar-refractivity contribution is 5.84. The Morgan fingerprint density at radius 2 is 1.71 bits per heavy atom. The number of imidazole rings is 1. The Morgan fingerprint density at radius 1 is 0.956 bits per heavy atom. The largest absolute Gasteiger partial charge is 0.507 e. The maximum Gasteiger partial charge on any atom is 0.224 e. The lowest BCUT2D eigenvalue weighted by Crippen LogP contribution is -2.24. The van der Waals surface area contributed by atoms with Gasteiger partial charge in [0.25, 0.3) is 0 Å². The SMILES string of the molecule is CC.CN.Nc1ncccc1-c1nc2ccc(-n3cccn3)nc2n1-c1ccc(CNC(=O)Cc2ccc(C=O)c(O)c2)cc1. The zero-order valence-electron chi connectivity index (χ0n) is 25.3. The fourth-order valence-electron chi connectivity index (χ4n) is 4.52. The van der Waals surface area contributed by atoms with Gasteiger partial charge in [0.2, 0.25) is 5.91 Å². The number of fused-ring (bicyclic) bond motifs is 1. The van der Waals surface area contributed by atoms with Crippen LogP contribution < -0.4 is 16.8 Å². The standard InChI is InChI=1S/C30H24N8O3.C2H6.CH5N/c31-28-23(3-1-12-32-28)29-35-24-10-11-26(37-14-2-13-34-37)36-30(24)38(29)22-8-5-19(6-9-22)17-33-27(41)16-20-4-7-21(18-39)25(40)15-20;2*1-2/h1-15,18,40H,16-17H2,(H2,31,32)(H,33,41);1-2H3;2H2,1H3.